The van der Waals surface area contributed by atoms with Gasteiger partial charge < -0.3 is 12.0 Å². The smallest absolute Gasteiger partial charge is 0.218 e. The van der Waals surface area contributed by atoms with Crippen LogP contribution in [0.5, 0.6) is 0 Å². The Labute approximate surface area is 88.3 Å². The van der Waals surface area contributed by atoms with E-state index in [2.05, 4.69) is 0 Å². The molecular formula is C2H7NO4S2Y-2. The first kappa shape index (κ1) is 17.3. The standard InChI is InChI=1S/CH5NO4S2.CH3.Y/c1-8(5,6)2-7(3)4;;/h2H,1H3,(H,3,4);1H3;/q;-1;/p-1. The molecule has 0 fully saturated rings. The minimum absolute atomic E-state index is 0. The topological polar surface area (TPSA) is 86.3 Å². The maximum atomic E-state index is 9.94. The predicted octanol–water partition coefficient (Wildman–Crippen LogP) is -1.22. The van der Waals surface area contributed by atoms with Gasteiger partial charge in [0.1, 0.15) is 0 Å². The Bertz CT molecular complexity index is 187. The van der Waals surface area contributed by atoms with Crippen molar-refractivity contribution in [2.45, 2.75) is 0 Å². The molecule has 61 valence electrons. The largest absolute Gasteiger partial charge is 0.759 e. The van der Waals surface area contributed by atoms with Gasteiger partial charge in [0, 0.05) is 44.0 Å². The van der Waals surface area contributed by atoms with Crippen LogP contribution in [0, 0.1) is 7.43 Å². The van der Waals surface area contributed by atoms with Gasteiger partial charge in [-0.15, -0.1) is 4.13 Å². The summed E-state index contributed by atoms with van der Waals surface area (Å²) in [5, 5.41) is 0. The zero-order valence-electron chi connectivity index (χ0n) is 5.53. The zero-order valence-corrected chi connectivity index (χ0v) is 10.00. The number of nitrogens with one attached hydrogen (secondary N) is 1. The van der Waals surface area contributed by atoms with Gasteiger partial charge in [0.2, 0.25) is 10.0 Å². The van der Waals surface area contributed by atoms with Crippen LogP contribution >= 0.6 is 0 Å². The van der Waals surface area contributed by atoms with Crippen molar-refractivity contribution in [1.82, 2.24) is 4.13 Å². The van der Waals surface area contributed by atoms with Crippen molar-refractivity contribution < 1.29 is 49.9 Å². The molecule has 1 unspecified atom stereocenters. The molecule has 1 N–H and O–H groups in total. The van der Waals surface area contributed by atoms with E-state index >= 15 is 0 Å². The van der Waals surface area contributed by atoms with Crippen molar-refractivity contribution in [3.05, 3.63) is 7.43 Å². The fraction of sp³-hybridized carbons (Fsp3) is 0.500. The van der Waals surface area contributed by atoms with Crippen molar-refractivity contribution in [2.24, 2.45) is 0 Å². The Hall–Kier alpha value is 1.12. The van der Waals surface area contributed by atoms with Crippen LogP contribution in [0.2, 0.25) is 0 Å². The van der Waals surface area contributed by atoms with Crippen LogP contribution in [-0.2, 0) is 54.0 Å². The molecule has 0 aliphatic rings. The van der Waals surface area contributed by atoms with Gasteiger partial charge in [-0.2, -0.15) is 0 Å². The summed E-state index contributed by atoms with van der Waals surface area (Å²) in [6, 6.07) is 0. The molecule has 1 radical (unpaired) electrons. The number of sulfonamides is 1. The Morgan fingerprint density at radius 1 is 1.50 bits per heavy atom. The molecule has 10 heavy (non-hydrogen) atoms. The molecule has 0 saturated carbocycles. The van der Waals surface area contributed by atoms with E-state index in [0.29, 0.717) is 0 Å². The average Bonchev–Trinajstić information content (AvgIpc) is 1.21. The predicted molar refractivity (Wildman–Crippen MR) is 33.3 cm³/mol. The summed E-state index contributed by atoms with van der Waals surface area (Å²) in [7, 11) is -3.59. The molecule has 0 aromatic rings. The second kappa shape index (κ2) is 6.81. The number of hydrogen-bond acceptors (Lipinski definition) is 4. The second-order valence-electron chi connectivity index (χ2n) is 1.09. The van der Waals surface area contributed by atoms with Gasteiger partial charge in [0.25, 0.3) is 0 Å². The number of hydrogen-bond donors (Lipinski definition) is 1. The quantitative estimate of drug-likeness (QED) is 0.499. The molecule has 1 atom stereocenters. The average molecular weight is 262 g/mol. The molecule has 5 nitrogen and oxygen atoms in total. The Morgan fingerprint density at radius 2 is 1.80 bits per heavy atom. The van der Waals surface area contributed by atoms with E-state index in [1.807, 2.05) is 0 Å². The fourth-order valence-electron chi connectivity index (χ4n) is 0.124. The second-order valence-corrected chi connectivity index (χ2v) is 3.77. The molecule has 0 bridgehead atoms. The van der Waals surface area contributed by atoms with Crippen LogP contribution in [0.4, 0.5) is 0 Å². The van der Waals surface area contributed by atoms with E-state index in [4.69, 9.17) is 0 Å². The third-order valence-electron chi connectivity index (χ3n) is 0.219. The van der Waals surface area contributed by atoms with Crippen molar-refractivity contribution >= 4 is 21.3 Å². The van der Waals surface area contributed by atoms with Crippen LogP contribution in [0.15, 0.2) is 0 Å². The number of rotatable bonds is 2. The maximum absolute atomic E-state index is 9.94. The van der Waals surface area contributed by atoms with Crippen molar-refractivity contribution in [3.8, 4) is 0 Å². The fourth-order valence-corrected chi connectivity index (χ4v) is 1.11. The Morgan fingerprint density at radius 3 is 1.80 bits per heavy atom. The summed E-state index contributed by atoms with van der Waals surface area (Å²) in [4.78, 5) is 0. The van der Waals surface area contributed by atoms with E-state index in [1.54, 1.807) is 0 Å². The molecule has 0 aliphatic heterocycles. The van der Waals surface area contributed by atoms with Crippen molar-refractivity contribution in [3.63, 3.8) is 0 Å². The van der Waals surface area contributed by atoms with Gasteiger partial charge >= 0.3 is 0 Å². The Kier molecular flexibility index (Phi) is 11.8. The molecule has 0 rings (SSSR count). The summed E-state index contributed by atoms with van der Waals surface area (Å²) >= 11 is -2.72. The van der Waals surface area contributed by atoms with Crippen LogP contribution in [0.25, 0.3) is 0 Å². The molecule has 0 aromatic carbocycles. The van der Waals surface area contributed by atoms with Gasteiger partial charge in [0.15, 0.2) is 0 Å². The minimum Gasteiger partial charge on any atom is -0.759 e. The summed E-state index contributed by atoms with van der Waals surface area (Å²) in [6.07, 6.45) is 0.753. The molecule has 0 aromatic heterocycles. The molecular weight excluding hydrogens is 255 g/mol. The van der Waals surface area contributed by atoms with E-state index in [0.717, 1.165) is 6.26 Å². The molecule has 0 aliphatic carbocycles. The van der Waals surface area contributed by atoms with Gasteiger partial charge in [-0.05, 0) is 0 Å². The van der Waals surface area contributed by atoms with Crippen molar-refractivity contribution in [1.29, 1.82) is 0 Å². The van der Waals surface area contributed by atoms with E-state index < -0.39 is 21.3 Å². The SMILES string of the molecule is CS(=O)(=O)NS(=O)[O-].[CH3-].[Y]. The van der Waals surface area contributed by atoms with E-state index in [9.17, 15) is 17.2 Å². The third kappa shape index (κ3) is 16.1. The van der Waals surface area contributed by atoms with Crippen LogP contribution < -0.4 is 4.13 Å². The van der Waals surface area contributed by atoms with Gasteiger partial charge in [0.05, 0.1) is 6.26 Å². The van der Waals surface area contributed by atoms with Crippen LogP contribution in [0.3, 0.4) is 0 Å². The van der Waals surface area contributed by atoms with Gasteiger partial charge in [-0.1, -0.05) is 0 Å². The van der Waals surface area contributed by atoms with Crippen LogP contribution in [0.1, 0.15) is 0 Å². The third-order valence-corrected chi connectivity index (χ3v) is 1.97. The first-order valence-electron chi connectivity index (χ1n) is 1.48. The monoisotopic (exact) mass is 262 g/mol. The molecule has 0 heterocycles. The summed E-state index contributed by atoms with van der Waals surface area (Å²) in [6.45, 7) is 0. The molecule has 0 spiro atoms. The van der Waals surface area contributed by atoms with Gasteiger partial charge in [-0.25, -0.2) is 8.42 Å². The first-order valence-corrected chi connectivity index (χ1v) is 4.45. The summed E-state index contributed by atoms with van der Waals surface area (Å²) in [5.41, 5.74) is 0. The summed E-state index contributed by atoms with van der Waals surface area (Å²) < 4.78 is 40.2. The van der Waals surface area contributed by atoms with E-state index in [1.165, 1.54) is 4.13 Å². The normalized spacial score (nSPS) is 12.6. The van der Waals surface area contributed by atoms with E-state index in [-0.39, 0.29) is 40.1 Å². The Balaban J connectivity index is -0.000000245. The molecule has 0 saturated heterocycles. The van der Waals surface area contributed by atoms with Crippen LogP contribution in [-0.4, -0.2) is 23.4 Å². The van der Waals surface area contributed by atoms with Crippen molar-refractivity contribution in [2.75, 3.05) is 6.26 Å². The first-order chi connectivity index (χ1) is 3.42. The van der Waals surface area contributed by atoms with Gasteiger partial charge in [-0.3, -0.25) is 4.21 Å². The molecule has 8 heteroatoms. The summed E-state index contributed by atoms with van der Waals surface area (Å²) in [5.74, 6) is 0. The molecule has 0 amide bonds. The minimum atomic E-state index is -3.59. The zero-order chi connectivity index (χ0) is 6.78. The maximum Gasteiger partial charge on any atom is 0.218 e.